The van der Waals surface area contributed by atoms with Crippen molar-refractivity contribution in [3.63, 3.8) is 0 Å². The minimum Gasteiger partial charge on any atom is -0.493 e. The van der Waals surface area contributed by atoms with Gasteiger partial charge in [0.15, 0.2) is 11.5 Å². The predicted molar refractivity (Wildman–Crippen MR) is 140 cm³/mol. The van der Waals surface area contributed by atoms with E-state index in [1.54, 1.807) is 0 Å². The number of anilines is 2. The van der Waals surface area contributed by atoms with Crippen LogP contribution in [0.4, 0.5) is 11.4 Å². The molecule has 2 amide bonds. The third-order valence-corrected chi connectivity index (χ3v) is 6.69. The molecule has 3 aromatic carbocycles. The Morgan fingerprint density at radius 1 is 0.919 bits per heavy atom. The Balaban J connectivity index is 1.87. The van der Waals surface area contributed by atoms with Gasteiger partial charge in [-0.25, -0.2) is 0 Å². The Morgan fingerprint density at radius 3 is 2.19 bits per heavy atom. The molecule has 2 N–H and O–H groups in total. The largest absolute Gasteiger partial charge is 0.493 e. The van der Waals surface area contributed by atoms with Crippen LogP contribution in [0.25, 0.3) is 6.08 Å². The van der Waals surface area contributed by atoms with Gasteiger partial charge in [0.2, 0.25) is 5.91 Å². The molecule has 9 nitrogen and oxygen atoms in total. The molecule has 0 atom stereocenters. The highest BCUT2D eigenvalue weighted by Crippen LogP contribution is 2.32. The number of nitrogens with one attached hydrogen (secondary N) is 2. The van der Waals surface area contributed by atoms with E-state index in [4.69, 9.17) is 32.1 Å². The summed E-state index contributed by atoms with van der Waals surface area (Å²) in [7, 11) is -2.96. The normalized spacial score (nSPS) is 11.3. The SMILES string of the molecule is COc1ccc(/C=C(\C#N)C(=O)Nc2ccc(Cl)c(Cl)c2)cc1OS(=O)(=O)c1ccc(NC(C)=O)cc1. The Hall–Kier alpha value is -4.04. The monoisotopic (exact) mass is 559 g/mol. The second-order valence-corrected chi connectivity index (χ2v) is 9.77. The van der Waals surface area contributed by atoms with Crippen LogP contribution in [-0.4, -0.2) is 27.3 Å². The fourth-order valence-corrected chi connectivity index (χ4v) is 4.24. The van der Waals surface area contributed by atoms with Crippen molar-refractivity contribution in [2.75, 3.05) is 17.7 Å². The van der Waals surface area contributed by atoms with E-state index in [0.29, 0.717) is 22.0 Å². The van der Waals surface area contributed by atoms with E-state index < -0.39 is 16.0 Å². The molecule has 0 aliphatic carbocycles. The molecule has 12 heteroatoms. The summed E-state index contributed by atoms with van der Waals surface area (Å²) in [6, 6.07) is 15.9. The quantitative estimate of drug-likeness (QED) is 0.218. The van der Waals surface area contributed by atoms with Gasteiger partial charge in [-0.1, -0.05) is 29.3 Å². The van der Waals surface area contributed by atoms with Gasteiger partial charge in [-0.15, -0.1) is 0 Å². The molecule has 0 aromatic heterocycles. The van der Waals surface area contributed by atoms with Crippen LogP contribution in [0.3, 0.4) is 0 Å². The minimum absolute atomic E-state index is 0.106. The van der Waals surface area contributed by atoms with Crippen LogP contribution in [0.2, 0.25) is 10.0 Å². The maximum atomic E-state index is 12.8. The van der Waals surface area contributed by atoms with Gasteiger partial charge in [-0.2, -0.15) is 13.7 Å². The van der Waals surface area contributed by atoms with Crippen molar-refractivity contribution in [1.82, 2.24) is 0 Å². The predicted octanol–water partition coefficient (Wildman–Crippen LogP) is 5.27. The second kappa shape index (κ2) is 11.8. The van der Waals surface area contributed by atoms with Gasteiger partial charge in [0.25, 0.3) is 5.91 Å². The van der Waals surface area contributed by atoms with Gasteiger partial charge < -0.3 is 19.6 Å². The average molecular weight is 560 g/mol. The minimum atomic E-state index is -4.29. The third-order valence-electron chi connectivity index (χ3n) is 4.70. The first-order chi connectivity index (χ1) is 17.5. The fraction of sp³-hybridized carbons (Fsp3) is 0.0800. The Bertz CT molecular complexity index is 1530. The van der Waals surface area contributed by atoms with Crippen LogP contribution in [0.5, 0.6) is 11.5 Å². The van der Waals surface area contributed by atoms with E-state index >= 15 is 0 Å². The molecule has 0 spiro atoms. The molecule has 0 bridgehead atoms. The van der Waals surface area contributed by atoms with Crippen molar-refractivity contribution in [3.05, 3.63) is 81.8 Å². The molecule has 0 unspecified atom stereocenters. The van der Waals surface area contributed by atoms with E-state index in [1.165, 1.54) is 80.8 Å². The molecule has 0 saturated heterocycles. The lowest BCUT2D eigenvalue weighted by molar-refractivity contribution is -0.114. The average Bonchev–Trinajstić information content (AvgIpc) is 2.84. The number of amides is 2. The third kappa shape index (κ3) is 7.24. The molecule has 0 saturated carbocycles. The summed E-state index contributed by atoms with van der Waals surface area (Å²) < 4.78 is 36.2. The first kappa shape index (κ1) is 27.5. The topological polar surface area (TPSA) is 135 Å². The van der Waals surface area contributed by atoms with Gasteiger partial charge in [0.05, 0.1) is 17.2 Å². The lowest BCUT2D eigenvalue weighted by Gasteiger charge is -2.12. The Labute approximate surface area is 223 Å². The molecule has 0 aliphatic heterocycles. The summed E-state index contributed by atoms with van der Waals surface area (Å²) in [5.41, 5.74) is 0.778. The zero-order valence-corrected chi connectivity index (χ0v) is 21.7. The van der Waals surface area contributed by atoms with E-state index in [1.807, 2.05) is 6.07 Å². The standard InChI is InChI=1S/C25H19Cl2N3O6S/c1-15(31)29-18-4-7-20(8-5-18)37(33,34)36-24-12-16(3-10-23(24)35-2)11-17(14-28)25(32)30-19-6-9-21(26)22(27)13-19/h3-13H,1-2H3,(H,29,31)(H,30,32)/b17-11+. The first-order valence-corrected chi connectivity index (χ1v) is 12.6. The zero-order chi connectivity index (χ0) is 27.2. The molecule has 0 aliphatic rings. The van der Waals surface area contributed by atoms with Crippen molar-refractivity contribution < 1.29 is 26.9 Å². The summed E-state index contributed by atoms with van der Waals surface area (Å²) >= 11 is 11.8. The number of nitriles is 1. The van der Waals surface area contributed by atoms with Crippen LogP contribution in [0.15, 0.2) is 71.1 Å². The number of methoxy groups -OCH3 is 1. The number of ether oxygens (including phenoxy) is 1. The number of hydrogen-bond donors (Lipinski definition) is 2. The summed E-state index contributed by atoms with van der Waals surface area (Å²) in [5, 5.41) is 15.1. The zero-order valence-electron chi connectivity index (χ0n) is 19.4. The fourth-order valence-electron chi connectivity index (χ4n) is 3.01. The van der Waals surface area contributed by atoms with Gasteiger partial charge in [0.1, 0.15) is 16.5 Å². The summed E-state index contributed by atoms with van der Waals surface area (Å²) in [5.74, 6) is -1.08. The summed E-state index contributed by atoms with van der Waals surface area (Å²) in [6.07, 6.45) is 1.26. The molecule has 3 rings (SSSR count). The molecule has 0 radical (unpaired) electrons. The van der Waals surface area contributed by atoms with Crippen LogP contribution < -0.4 is 19.6 Å². The second-order valence-electron chi connectivity index (χ2n) is 7.41. The van der Waals surface area contributed by atoms with Crippen LogP contribution in [0, 0.1) is 11.3 Å². The maximum absolute atomic E-state index is 12.8. The number of hydrogen-bond acceptors (Lipinski definition) is 7. The van der Waals surface area contributed by atoms with Crippen LogP contribution >= 0.6 is 23.2 Å². The highest BCUT2D eigenvalue weighted by atomic mass is 35.5. The molecular formula is C25H19Cl2N3O6S. The lowest BCUT2D eigenvalue weighted by atomic mass is 10.1. The number of rotatable bonds is 8. The Morgan fingerprint density at radius 2 is 1.59 bits per heavy atom. The first-order valence-electron chi connectivity index (χ1n) is 10.4. The Kier molecular flexibility index (Phi) is 8.78. The van der Waals surface area contributed by atoms with Crippen LogP contribution in [-0.2, 0) is 19.7 Å². The number of carbonyl (C=O) groups excluding carboxylic acids is 2. The van der Waals surface area contributed by atoms with Gasteiger partial charge in [0, 0.05) is 18.3 Å². The van der Waals surface area contributed by atoms with E-state index in [9.17, 15) is 23.3 Å². The molecule has 37 heavy (non-hydrogen) atoms. The van der Waals surface area contributed by atoms with Crippen molar-refractivity contribution >= 4 is 62.6 Å². The van der Waals surface area contributed by atoms with Crippen molar-refractivity contribution in [2.24, 2.45) is 0 Å². The van der Waals surface area contributed by atoms with Crippen molar-refractivity contribution in [3.8, 4) is 17.6 Å². The molecule has 0 fully saturated rings. The van der Waals surface area contributed by atoms with E-state index in [0.717, 1.165) is 0 Å². The molecule has 0 heterocycles. The van der Waals surface area contributed by atoms with Crippen molar-refractivity contribution in [1.29, 1.82) is 5.26 Å². The molecular weight excluding hydrogens is 541 g/mol. The summed E-state index contributed by atoms with van der Waals surface area (Å²) in [6.45, 7) is 1.33. The van der Waals surface area contributed by atoms with Crippen LogP contribution in [0.1, 0.15) is 12.5 Å². The number of halogens is 2. The van der Waals surface area contributed by atoms with Gasteiger partial charge >= 0.3 is 10.1 Å². The van der Waals surface area contributed by atoms with E-state index in [2.05, 4.69) is 10.6 Å². The highest BCUT2D eigenvalue weighted by molar-refractivity contribution is 7.87. The number of nitrogens with zero attached hydrogens (tertiary/aromatic N) is 1. The smallest absolute Gasteiger partial charge is 0.339 e. The maximum Gasteiger partial charge on any atom is 0.339 e. The number of benzene rings is 3. The number of carbonyl (C=O) groups is 2. The van der Waals surface area contributed by atoms with E-state index in [-0.39, 0.29) is 32.9 Å². The van der Waals surface area contributed by atoms with Gasteiger partial charge in [-0.05, 0) is 66.2 Å². The summed E-state index contributed by atoms with van der Waals surface area (Å²) in [4.78, 5) is 23.6. The van der Waals surface area contributed by atoms with Gasteiger partial charge in [-0.3, -0.25) is 9.59 Å². The van der Waals surface area contributed by atoms with Crippen molar-refractivity contribution in [2.45, 2.75) is 11.8 Å². The highest BCUT2D eigenvalue weighted by Gasteiger charge is 2.20. The molecule has 3 aromatic rings. The molecule has 190 valence electrons. The lowest BCUT2D eigenvalue weighted by Crippen LogP contribution is -2.13.